The molecule has 0 radical (unpaired) electrons. The van der Waals surface area contributed by atoms with E-state index in [1.54, 1.807) is 0 Å². The molecule has 0 bridgehead atoms. The molecule has 1 aliphatic rings. The average Bonchev–Trinajstić information content (AvgIpc) is 2.17. The molecule has 4 heteroatoms. The van der Waals surface area contributed by atoms with Crippen molar-refractivity contribution in [2.24, 2.45) is 5.92 Å². The van der Waals surface area contributed by atoms with Crippen LogP contribution in [0.2, 0.25) is 0 Å². The lowest BCUT2D eigenvalue weighted by atomic mass is 9.94. The van der Waals surface area contributed by atoms with Crippen LogP contribution < -0.4 is 0 Å². The van der Waals surface area contributed by atoms with Gasteiger partial charge in [0.1, 0.15) is 0 Å². The van der Waals surface area contributed by atoms with Crippen molar-refractivity contribution >= 4 is 5.97 Å². The van der Waals surface area contributed by atoms with Crippen molar-refractivity contribution in [2.75, 3.05) is 19.6 Å². The number of carboxylic acids is 1. The van der Waals surface area contributed by atoms with Crippen molar-refractivity contribution in [3.63, 3.8) is 0 Å². The third-order valence-corrected chi connectivity index (χ3v) is 3.16. The second-order valence-electron chi connectivity index (χ2n) is 4.40. The lowest BCUT2D eigenvalue weighted by Gasteiger charge is -2.32. The summed E-state index contributed by atoms with van der Waals surface area (Å²) in [5, 5.41) is 18.0. The van der Waals surface area contributed by atoms with E-state index in [0.717, 1.165) is 19.0 Å². The standard InChI is InChI=1S/C11H21NO3/c1-2-9-3-5-12(6-4-9)8-10(13)7-11(14)15/h9-10,13H,2-8H2,1H3,(H,14,15). The Hall–Kier alpha value is -0.610. The summed E-state index contributed by atoms with van der Waals surface area (Å²) in [5.74, 6) is -0.108. The molecule has 0 aromatic carbocycles. The number of nitrogens with zero attached hydrogens (tertiary/aromatic N) is 1. The third-order valence-electron chi connectivity index (χ3n) is 3.16. The quantitative estimate of drug-likeness (QED) is 0.716. The molecule has 15 heavy (non-hydrogen) atoms. The van der Waals surface area contributed by atoms with Gasteiger partial charge in [0.25, 0.3) is 0 Å². The van der Waals surface area contributed by atoms with Gasteiger partial charge < -0.3 is 15.1 Å². The van der Waals surface area contributed by atoms with Crippen LogP contribution in [0.25, 0.3) is 0 Å². The fraction of sp³-hybridized carbons (Fsp3) is 0.909. The van der Waals surface area contributed by atoms with Gasteiger partial charge in [-0.3, -0.25) is 4.79 Å². The summed E-state index contributed by atoms with van der Waals surface area (Å²) in [4.78, 5) is 12.5. The van der Waals surface area contributed by atoms with Crippen LogP contribution in [0.3, 0.4) is 0 Å². The number of hydrogen-bond acceptors (Lipinski definition) is 3. The predicted octanol–water partition coefficient (Wildman–Crippen LogP) is 0.944. The second kappa shape index (κ2) is 6.08. The number of carboxylic acid groups (broad SMARTS) is 1. The van der Waals surface area contributed by atoms with Gasteiger partial charge in [0.05, 0.1) is 12.5 Å². The Morgan fingerprint density at radius 2 is 2.07 bits per heavy atom. The normalized spacial score (nSPS) is 21.5. The van der Waals surface area contributed by atoms with Gasteiger partial charge in [-0.25, -0.2) is 0 Å². The monoisotopic (exact) mass is 215 g/mol. The van der Waals surface area contributed by atoms with E-state index in [9.17, 15) is 9.90 Å². The van der Waals surface area contributed by atoms with Gasteiger partial charge in [-0.15, -0.1) is 0 Å². The molecule has 1 saturated heterocycles. The minimum Gasteiger partial charge on any atom is -0.481 e. The van der Waals surface area contributed by atoms with Crippen LogP contribution in [0.4, 0.5) is 0 Å². The number of aliphatic hydroxyl groups is 1. The van der Waals surface area contributed by atoms with E-state index < -0.39 is 12.1 Å². The van der Waals surface area contributed by atoms with Gasteiger partial charge >= 0.3 is 5.97 Å². The molecule has 2 N–H and O–H groups in total. The Balaban J connectivity index is 2.20. The number of rotatable bonds is 5. The largest absolute Gasteiger partial charge is 0.481 e. The van der Waals surface area contributed by atoms with Crippen molar-refractivity contribution in [1.29, 1.82) is 0 Å². The van der Waals surface area contributed by atoms with E-state index in [2.05, 4.69) is 11.8 Å². The summed E-state index contributed by atoms with van der Waals surface area (Å²) in [6.45, 7) is 4.70. The zero-order valence-corrected chi connectivity index (χ0v) is 9.35. The first kappa shape index (κ1) is 12.5. The molecule has 0 saturated carbocycles. The topological polar surface area (TPSA) is 60.8 Å². The number of carbonyl (C=O) groups is 1. The van der Waals surface area contributed by atoms with Gasteiger partial charge in [0.15, 0.2) is 0 Å². The highest BCUT2D eigenvalue weighted by molar-refractivity contribution is 5.67. The lowest BCUT2D eigenvalue weighted by Crippen LogP contribution is -2.39. The second-order valence-corrected chi connectivity index (χ2v) is 4.40. The molecular weight excluding hydrogens is 194 g/mol. The number of hydrogen-bond donors (Lipinski definition) is 2. The van der Waals surface area contributed by atoms with Crippen LogP contribution >= 0.6 is 0 Å². The molecule has 88 valence electrons. The number of aliphatic hydroxyl groups excluding tert-OH is 1. The molecule has 0 amide bonds. The Bertz CT molecular complexity index is 200. The Morgan fingerprint density at radius 1 is 1.47 bits per heavy atom. The fourth-order valence-corrected chi connectivity index (χ4v) is 2.14. The SMILES string of the molecule is CCC1CCN(CC(O)CC(=O)O)CC1. The van der Waals surface area contributed by atoms with Crippen molar-refractivity contribution < 1.29 is 15.0 Å². The van der Waals surface area contributed by atoms with Crippen LogP contribution in [0, 0.1) is 5.92 Å². The summed E-state index contributed by atoms with van der Waals surface area (Å²) >= 11 is 0. The maximum Gasteiger partial charge on any atom is 0.306 e. The Kier molecular flexibility index (Phi) is 5.05. The van der Waals surface area contributed by atoms with Crippen LogP contribution in [0.15, 0.2) is 0 Å². The van der Waals surface area contributed by atoms with Crippen LogP contribution in [0.5, 0.6) is 0 Å². The molecule has 0 aromatic rings. The minimum absolute atomic E-state index is 0.145. The maximum absolute atomic E-state index is 10.4. The van der Waals surface area contributed by atoms with Crippen LogP contribution in [-0.2, 0) is 4.79 Å². The smallest absolute Gasteiger partial charge is 0.306 e. The minimum atomic E-state index is -0.925. The van der Waals surface area contributed by atoms with E-state index in [1.807, 2.05) is 0 Å². The fourth-order valence-electron chi connectivity index (χ4n) is 2.14. The van der Waals surface area contributed by atoms with Crippen molar-refractivity contribution in [3.8, 4) is 0 Å². The van der Waals surface area contributed by atoms with Crippen molar-refractivity contribution in [2.45, 2.75) is 38.7 Å². The van der Waals surface area contributed by atoms with Gasteiger partial charge in [0.2, 0.25) is 0 Å². The van der Waals surface area contributed by atoms with Gasteiger partial charge in [0, 0.05) is 6.54 Å². The number of likely N-dealkylation sites (tertiary alicyclic amines) is 1. The van der Waals surface area contributed by atoms with Crippen LogP contribution in [-0.4, -0.2) is 46.8 Å². The lowest BCUT2D eigenvalue weighted by molar-refractivity contribution is -0.139. The zero-order valence-electron chi connectivity index (χ0n) is 9.35. The highest BCUT2D eigenvalue weighted by Crippen LogP contribution is 2.19. The molecule has 1 aliphatic heterocycles. The number of aliphatic carboxylic acids is 1. The van der Waals surface area contributed by atoms with E-state index in [-0.39, 0.29) is 6.42 Å². The van der Waals surface area contributed by atoms with Gasteiger partial charge in [-0.2, -0.15) is 0 Å². The highest BCUT2D eigenvalue weighted by Gasteiger charge is 2.20. The third kappa shape index (κ3) is 4.62. The summed E-state index contributed by atoms with van der Waals surface area (Å²) < 4.78 is 0. The van der Waals surface area contributed by atoms with Gasteiger partial charge in [-0.05, 0) is 31.8 Å². The molecule has 1 heterocycles. The van der Waals surface area contributed by atoms with Crippen molar-refractivity contribution in [1.82, 2.24) is 4.90 Å². The predicted molar refractivity (Wildman–Crippen MR) is 57.7 cm³/mol. The first-order valence-corrected chi connectivity index (χ1v) is 5.74. The maximum atomic E-state index is 10.4. The van der Waals surface area contributed by atoms with E-state index >= 15 is 0 Å². The number of piperidine rings is 1. The summed E-state index contributed by atoms with van der Waals surface area (Å²) in [5.41, 5.74) is 0. The van der Waals surface area contributed by atoms with E-state index in [0.29, 0.717) is 6.54 Å². The first-order chi connectivity index (χ1) is 7.11. The van der Waals surface area contributed by atoms with Crippen molar-refractivity contribution in [3.05, 3.63) is 0 Å². The molecule has 4 nitrogen and oxygen atoms in total. The average molecular weight is 215 g/mol. The Labute approximate surface area is 90.9 Å². The molecule has 1 atom stereocenters. The summed E-state index contributed by atoms with van der Waals surface area (Å²) in [6.07, 6.45) is 2.71. The first-order valence-electron chi connectivity index (χ1n) is 5.74. The summed E-state index contributed by atoms with van der Waals surface area (Å²) in [7, 11) is 0. The molecule has 1 rings (SSSR count). The van der Waals surface area contributed by atoms with E-state index in [4.69, 9.17) is 5.11 Å². The molecule has 0 aliphatic carbocycles. The molecule has 1 fully saturated rings. The molecule has 1 unspecified atom stereocenters. The summed E-state index contributed by atoms with van der Waals surface area (Å²) in [6, 6.07) is 0. The zero-order chi connectivity index (χ0) is 11.3. The molecule has 0 aromatic heterocycles. The Morgan fingerprint density at radius 3 is 2.53 bits per heavy atom. The van der Waals surface area contributed by atoms with E-state index in [1.165, 1.54) is 19.3 Å². The molecular formula is C11H21NO3. The van der Waals surface area contributed by atoms with Crippen LogP contribution in [0.1, 0.15) is 32.6 Å². The molecule has 0 spiro atoms. The number of β-amino-alcohol motifs (C(OH)–C–C–N with tert-alkyl or cyclic N) is 1. The highest BCUT2D eigenvalue weighted by atomic mass is 16.4. The van der Waals surface area contributed by atoms with Gasteiger partial charge in [-0.1, -0.05) is 13.3 Å².